The average Bonchev–Trinajstić information content (AvgIpc) is 2.20. The van der Waals surface area contributed by atoms with Crippen molar-refractivity contribution in [2.45, 2.75) is 58.7 Å². The first-order valence-corrected chi connectivity index (χ1v) is 10.0. The number of carbonyl (C=O) groups is 1. The molecule has 1 rings (SSSR count). The van der Waals surface area contributed by atoms with Crippen molar-refractivity contribution in [1.29, 1.82) is 0 Å². The fourth-order valence-electron chi connectivity index (χ4n) is 1.77. The van der Waals surface area contributed by atoms with Gasteiger partial charge in [0.15, 0.2) is 8.32 Å². The Balaban J connectivity index is 2.40. The highest BCUT2D eigenvalue weighted by Crippen LogP contribution is 2.39. The van der Waals surface area contributed by atoms with Crippen molar-refractivity contribution in [3.05, 3.63) is 11.6 Å². The van der Waals surface area contributed by atoms with Gasteiger partial charge in [-0.05, 0) is 37.0 Å². The van der Waals surface area contributed by atoms with Crippen LogP contribution < -0.4 is 0 Å². The lowest BCUT2D eigenvalue weighted by Crippen LogP contribution is -2.42. The molecular formula is C15H28O3Si. The van der Waals surface area contributed by atoms with Gasteiger partial charge in [-0.25, -0.2) is 0 Å². The molecule has 1 atom stereocenters. The first kappa shape index (κ1) is 16.4. The molecule has 110 valence electrons. The molecule has 0 amide bonds. The van der Waals surface area contributed by atoms with Crippen LogP contribution in [0, 0.1) is 5.92 Å². The van der Waals surface area contributed by atoms with Crippen LogP contribution in [0.1, 0.15) is 40.5 Å². The predicted molar refractivity (Wildman–Crippen MR) is 80.6 cm³/mol. The van der Waals surface area contributed by atoms with E-state index < -0.39 is 8.32 Å². The maximum Gasteiger partial charge on any atom is 0.302 e. The van der Waals surface area contributed by atoms with E-state index in [1.165, 1.54) is 18.9 Å². The third-order valence-corrected chi connectivity index (χ3v) is 8.89. The Labute approximate surface area is 118 Å². The van der Waals surface area contributed by atoms with Crippen LogP contribution in [0.15, 0.2) is 11.6 Å². The second-order valence-electron chi connectivity index (χ2n) is 6.89. The van der Waals surface area contributed by atoms with E-state index in [4.69, 9.17) is 9.16 Å². The van der Waals surface area contributed by atoms with E-state index in [9.17, 15) is 4.79 Å². The molecule has 19 heavy (non-hydrogen) atoms. The fraction of sp³-hybridized carbons (Fsp3) is 0.800. The number of carbonyl (C=O) groups excluding carboxylic acids is 1. The number of esters is 1. The van der Waals surface area contributed by atoms with Crippen molar-refractivity contribution < 1.29 is 14.0 Å². The molecule has 1 aliphatic rings. The smallest absolute Gasteiger partial charge is 0.302 e. The zero-order valence-electron chi connectivity index (χ0n) is 13.2. The van der Waals surface area contributed by atoms with Crippen molar-refractivity contribution in [2.75, 3.05) is 13.2 Å². The minimum Gasteiger partial charge on any atom is -0.462 e. The zero-order chi connectivity index (χ0) is 14.7. The topological polar surface area (TPSA) is 35.5 Å². The third-order valence-electron chi connectivity index (χ3n) is 4.39. The Morgan fingerprint density at radius 2 is 2.05 bits per heavy atom. The molecule has 0 radical (unpaired) electrons. The van der Waals surface area contributed by atoms with E-state index in [0.717, 1.165) is 13.0 Å². The quantitative estimate of drug-likeness (QED) is 0.436. The van der Waals surface area contributed by atoms with Crippen LogP contribution in [0.5, 0.6) is 0 Å². The summed E-state index contributed by atoms with van der Waals surface area (Å²) in [5, 5.41) is 0.262. The summed E-state index contributed by atoms with van der Waals surface area (Å²) in [7, 11) is -1.64. The third kappa shape index (κ3) is 4.77. The molecular weight excluding hydrogens is 256 g/mol. The Hall–Kier alpha value is -0.613. The van der Waals surface area contributed by atoms with Crippen molar-refractivity contribution in [3.8, 4) is 0 Å². The van der Waals surface area contributed by atoms with Crippen LogP contribution in [-0.4, -0.2) is 27.5 Å². The molecule has 0 aromatic heterocycles. The monoisotopic (exact) mass is 284 g/mol. The van der Waals surface area contributed by atoms with Crippen molar-refractivity contribution in [3.63, 3.8) is 0 Å². The summed E-state index contributed by atoms with van der Waals surface area (Å²) < 4.78 is 11.2. The standard InChI is InChI=1S/C15H28O3Si/c1-12(16)17-10-9-13-7-8-14(13)11-18-19(5,6)15(2,3)4/h9,14H,7-8,10-11H2,1-6H3/b13-9+. The van der Waals surface area contributed by atoms with E-state index in [0.29, 0.717) is 12.5 Å². The van der Waals surface area contributed by atoms with Crippen LogP contribution in [-0.2, 0) is 14.0 Å². The molecule has 0 bridgehead atoms. The van der Waals surface area contributed by atoms with E-state index >= 15 is 0 Å². The molecule has 0 aliphatic heterocycles. The van der Waals surface area contributed by atoms with Gasteiger partial charge in [-0.15, -0.1) is 0 Å². The van der Waals surface area contributed by atoms with Crippen molar-refractivity contribution in [2.24, 2.45) is 5.92 Å². The lowest BCUT2D eigenvalue weighted by atomic mass is 9.80. The predicted octanol–water partition coefficient (Wildman–Crippen LogP) is 3.91. The number of hydrogen-bond donors (Lipinski definition) is 0. The van der Waals surface area contributed by atoms with Crippen molar-refractivity contribution in [1.82, 2.24) is 0 Å². The van der Waals surface area contributed by atoms with Gasteiger partial charge in [0.25, 0.3) is 0 Å². The van der Waals surface area contributed by atoms with Gasteiger partial charge < -0.3 is 9.16 Å². The van der Waals surface area contributed by atoms with Gasteiger partial charge in [0.05, 0.1) is 0 Å². The minimum atomic E-state index is -1.64. The minimum absolute atomic E-state index is 0.217. The first-order chi connectivity index (χ1) is 8.63. The maximum absolute atomic E-state index is 10.7. The first-order valence-electron chi connectivity index (χ1n) is 7.10. The Bertz CT molecular complexity index is 353. The van der Waals surface area contributed by atoms with E-state index in [2.05, 4.69) is 33.9 Å². The van der Waals surface area contributed by atoms with Gasteiger partial charge >= 0.3 is 5.97 Å². The van der Waals surface area contributed by atoms with Crippen LogP contribution in [0.4, 0.5) is 0 Å². The average molecular weight is 284 g/mol. The normalized spacial score (nSPS) is 22.2. The largest absolute Gasteiger partial charge is 0.462 e. The molecule has 0 aromatic carbocycles. The van der Waals surface area contributed by atoms with E-state index in [-0.39, 0.29) is 11.0 Å². The SMILES string of the molecule is CC(=O)OC/C=C1\CCC1CO[Si](C)(C)C(C)(C)C. The van der Waals surface area contributed by atoms with Gasteiger partial charge in [-0.3, -0.25) is 4.79 Å². The maximum atomic E-state index is 10.7. The molecule has 1 aliphatic carbocycles. The highest BCUT2D eigenvalue weighted by atomic mass is 28.4. The molecule has 1 fully saturated rings. The lowest BCUT2D eigenvalue weighted by Gasteiger charge is -2.39. The summed E-state index contributed by atoms with van der Waals surface area (Å²) in [4.78, 5) is 10.7. The van der Waals surface area contributed by atoms with Crippen LogP contribution in [0.3, 0.4) is 0 Å². The van der Waals surface area contributed by atoms with E-state index in [1.54, 1.807) is 0 Å². The second kappa shape index (κ2) is 6.22. The summed E-state index contributed by atoms with van der Waals surface area (Å²) in [5.74, 6) is 0.315. The molecule has 4 heteroatoms. The molecule has 1 unspecified atom stereocenters. The van der Waals surface area contributed by atoms with Gasteiger partial charge in [0.2, 0.25) is 0 Å². The van der Waals surface area contributed by atoms with Gasteiger partial charge in [-0.1, -0.05) is 26.3 Å². The number of rotatable bonds is 5. The molecule has 0 heterocycles. The number of hydrogen-bond acceptors (Lipinski definition) is 3. The van der Waals surface area contributed by atoms with Crippen LogP contribution >= 0.6 is 0 Å². The summed E-state index contributed by atoms with van der Waals surface area (Å²) in [6.45, 7) is 14.0. The highest BCUT2D eigenvalue weighted by molar-refractivity contribution is 6.74. The lowest BCUT2D eigenvalue weighted by molar-refractivity contribution is -0.139. The van der Waals surface area contributed by atoms with Gasteiger partial charge in [0.1, 0.15) is 6.61 Å². The van der Waals surface area contributed by atoms with Crippen LogP contribution in [0.25, 0.3) is 0 Å². The van der Waals surface area contributed by atoms with Crippen LogP contribution in [0.2, 0.25) is 18.1 Å². The Morgan fingerprint density at radius 3 is 2.47 bits per heavy atom. The van der Waals surface area contributed by atoms with Gasteiger partial charge in [0, 0.05) is 19.4 Å². The molecule has 0 spiro atoms. The fourth-order valence-corrected chi connectivity index (χ4v) is 2.82. The molecule has 0 saturated heterocycles. The molecule has 0 aromatic rings. The van der Waals surface area contributed by atoms with Crippen molar-refractivity contribution >= 4 is 14.3 Å². The second-order valence-corrected chi connectivity index (χ2v) is 11.7. The Kier molecular flexibility index (Phi) is 5.39. The van der Waals surface area contributed by atoms with Gasteiger partial charge in [-0.2, -0.15) is 0 Å². The molecule has 0 N–H and O–H groups in total. The summed E-state index contributed by atoms with van der Waals surface area (Å²) >= 11 is 0. The zero-order valence-corrected chi connectivity index (χ0v) is 14.2. The number of ether oxygens (including phenoxy) is 1. The molecule has 1 saturated carbocycles. The molecule has 3 nitrogen and oxygen atoms in total. The van der Waals surface area contributed by atoms with E-state index in [1.807, 2.05) is 6.08 Å². The summed E-state index contributed by atoms with van der Waals surface area (Å²) in [6.07, 6.45) is 4.36. The summed E-state index contributed by atoms with van der Waals surface area (Å²) in [6, 6.07) is 0. The Morgan fingerprint density at radius 1 is 1.42 bits per heavy atom. The highest BCUT2D eigenvalue weighted by Gasteiger charge is 2.38. The summed E-state index contributed by atoms with van der Waals surface area (Å²) in [5.41, 5.74) is 1.39.